The highest BCUT2D eigenvalue weighted by atomic mass is 32.1. The predicted molar refractivity (Wildman–Crippen MR) is 89.9 cm³/mol. The van der Waals surface area contributed by atoms with Gasteiger partial charge in [0.1, 0.15) is 17.2 Å². The Bertz CT molecular complexity index is 713. The average molecular weight is 314 g/mol. The number of anilines is 1. The van der Waals surface area contributed by atoms with Crippen molar-refractivity contribution in [3.05, 3.63) is 46.2 Å². The van der Waals surface area contributed by atoms with Gasteiger partial charge in [0.2, 0.25) is 0 Å². The van der Waals surface area contributed by atoms with Crippen LogP contribution in [0.3, 0.4) is 0 Å². The summed E-state index contributed by atoms with van der Waals surface area (Å²) < 4.78 is 5.73. The number of ether oxygens (including phenoxy) is 1. The molecule has 1 aromatic carbocycles. The lowest BCUT2D eigenvalue weighted by Gasteiger charge is -2.19. The summed E-state index contributed by atoms with van der Waals surface area (Å²) >= 11 is 1.32. The molecule has 1 heterocycles. The number of nitrogens with one attached hydrogen (secondary N) is 1. The van der Waals surface area contributed by atoms with Gasteiger partial charge in [0, 0.05) is 5.69 Å². The molecule has 0 radical (unpaired) electrons. The molecule has 0 fully saturated rings. The molecule has 3 N–H and O–H groups in total. The number of amides is 1. The molecule has 22 heavy (non-hydrogen) atoms. The Labute approximate surface area is 134 Å². The van der Waals surface area contributed by atoms with Gasteiger partial charge in [-0.25, -0.2) is 0 Å². The van der Waals surface area contributed by atoms with Crippen molar-refractivity contribution in [3.63, 3.8) is 0 Å². The number of terminal acetylenes is 1. The molecular formula is C17H18N2O2S. The van der Waals surface area contributed by atoms with Gasteiger partial charge in [-0.05, 0) is 43.0 Å². The molecule has 1 aromatic heterocycles. The molecule has 0 bridgehead atoms. The van der Waals surface area contributed by atoms with Crippen molar-refractivity contribution < 1.29 is 9.53 Å². The lowest BCUT2D eigenvalue weighted by Crippen LogP contribution is -2.41. The summed E-state index contributed by atoms with van der Waals surface area (Å²) in [7, 11) is 0. The Morgan fingerprint density at radius 3 is 2.91 bits per heavy atom. The molecule has 0 saturated heterocycles. The van der Waals surface area contributed by atoms with Gasteiger partial charge in [-0.1, -0.05) is 18.1 Å². The Balaban J connectivity index is 2.07. The normalized spacial score (nSPS) is 10.8. The number of hydrogen-bond donors (Lipinski definition) is 2. The molecule has 2 rings (SSSR count). The van der Waals surface area contributed by atoms with E-state index >= 15 is 0 Å². The molecule has 0 saturated carbocycles. The fraction of sp³-hybridized carbons (Fsp3) is 0.235. The molecule has 0 unspecified atom stereocenters. The number of thiophene rings is 1. The SMILES string of the molecule is C#CC(C)(C)NC(=O)c1sccc1OCc1cccc(N)c1. The van der Waals surface area contributed by atoms with Crippen LogP contribution in [0.1, 0.15) is 29.1 Å². The first kappa shape index (κ1) is 15.9. The van der Waals surface area contributed by atoms with Crippen LogP contribution in [0, 0.1) is 12.3 Å². The highest BCUT2D eigenvalue weighted by Crippen LogP contribution is 2.26. The maximum absolute atomic E-state index is 12.3. The van der Waals surface area contributed by atoms with Crippen LogP contribution in [0.4, 0.5) is 5.69 Å². The summed E-state index contributed by atoms with van der Waals surface area (Å²) in [5, 5.41) is 4.60. The number of nitrogens with two attached hydrogens (primary N) is 1. The van der Waals surface area contributed by atoms with Crippen LogP contribution < -0.4 is 15.8 Å². The second-order valence-corrected chi connectivity index (χ2v) is 6.29. The number of rotatable bonds is 5. The van der Waals surface area contributed by atoms with Gasteiger partial charge in [-0.3, -0.25) is 4.79 Å². The zero-order chi connectivity index (χ0) is 16.2. The molecule has 0 aliphatic carbocycles. The monoisotopic (exact) mass is 314 g/mol. The lowest BCUT2D eigenvalue weighted by atomic mass is 10.1. The Kier molecular flexibility index (Phi) is 4.74. The average Bonchev–Trinajstić information content (AvgIpc) is 2.93. The van der Waals surface area contributed by atoms with E-state index in [9.17, 15) is 4.79 Å². The number of carbonyl (C=O) groups is 1. The summed E-state index contributed by atoms with van der Waals surface area (Å²) in [5.41, 5.74) is 6.66. The van der Waals surface area contributed by atoms with E-state index in [1.807, 2.05) is 29.6 Å². The summed E-state index contributed by atoms with van der Waals surface area (Å²) in [6.45, 7) is 3.89. The van der Waals surface area contributed by atoms with Gasteiger partial charge in [0.15, 0.2) is 0 Å². The summed E-state index contributed by atoms with van der Waals surface area (Å²) in [6, 6.07) is 9.21. The van der Waals surface area contributed by atoms with Crippen LogP contribution in [0.5, 0.6) is 5.75 Å². The zero-order valence-corrected chi connectivity index (χ0v) is 13.4. The Morgan fingerprint density at radius 2 is 2.23 bits per heavy atom. The van der Waals surface area contributed by atoms with E-state index in [1.54, 1.807) is 19.9 Å². The first-order valence-corrected chi connectivity index (χ1v) is 7.64. The maximum atomic E-state index is 12.3. The molecule has 114 valence electrons. The van der Waals surface area contributed by atoms with E-state index in [0.29, 0.717) is 22.9 Å². The van der Waals surface area contributed by atoms with E-state index in [2.05, 4.69) is 11.2 Å². The fourth-order valence-electron chi connectivity index (χ4n) is 1.80. The largest absolute Gasteiger partial charge is 0.487 e. The second kappa shape index (κ2) is 6.54. The standard InChI is InChI=1S/C17H18N2O2S/c1-4-17(2,3)19-16(20)15-14(8-9-22-15)21-11-12-6-5-7-13(18)10-12/h1,5-10H,11,18H2,2-3H3,(H,19,20). The minimum Gasteiger partial charge on any atom is -0.487 e. The van der Waals surface area contributed by atoms with Crippen LogP contribution in [0.25, 0.3) is 0 Å². The summed E-state index contributed by atoms with van der Waals surface area (Å²) in [6.07, 6.45) is 5.39. The van der Waals surface area contributed by atoms with Crippen LogP contribution in [-0.2, 0) is 6.61 Å². The van der Waals surface area contributed by atoms with E-state index in [1.165, 1.54) is 11.3 Å². The molecule has 0 atom stereocenters. The molecule has 1 amide bonds. The molecular weight excluding hydrogens is 296 g/mol. The third-order valence-corrected chi connectivity index (χ3v) is 3.86. The highest BCUT2D eigenvalue weighted by Gasteiger charge is 2.21. The van der Waals surface area contributed by atoms with Crippen LogP contribution in [0.15, 0.2) is 35.7 Å². The topological polar surface area (TPSA) is 64.3 Å². The minimum absolute atomic E-state index is 0.236. The number of carbonyl (C=O) groups excluding carboxylic acids is 1. The quantitative estimate of drug-likeness (QED) is 0.658. The van der Waals surface area contributed by atoms with E-state index in [-0.39, 0.29) is 5.91 Å². The van der Waals surface area contributed by atoms with E-state index < -0.39 is 5.54 Å². The van der Waals surface area contributed by atoms with Gasteiger partial charge >= 0.3 is 0 Å². The van der Waals surface area contributed by atoms with E-state index in [4.69, 9.17) is 16.9 Å². The first-order valence-electron chi connectivity index (χ1n) is 6.76. The summed E-state index contributed by atoms with van der Waals surface area (Å²) in [4.78, 5) is 12.8. The fourth-order valence-corrected chi connectivity index (χ4v) is 2.53. The number of benzene rings is 1. The third-order valence-electron chi connectivity index (χ3n) is 2.97. The maximum Gasteiger partial charge on any atom is 0.266 e. The van der Waals surface area contributed by atoms with Gasteiger partial charge in [-0.15, -0.1) is 17.8 Å². The van der Waals surface area contributed by atoms with Crippen LogP contribution in [0.2, 0.25) is 0 Å². The van der Waals surface area contributed by atoms with Crippen molar-refractivity contribution in [1.82, 2.24) is 5.32 Å². The number of nitrogen functional groups attached to an aromatic ring is 1. The molecule has 0 aliphatic rings. The van der Waals surface area contributed by atoms with Crippen molar-refractivity contribution in [2.24, 2.45) is 0 Å². The van der Waals surface area contributed by atoms with Crippen LogP contribution >= 0.6 is 11.3 Å². The van der Waals surface area contributed by atoms with Crippen LogP contribution in [-0.4, -0.2) is 11.4 Å². The van der Waals surface area contributed by atoms with Crippen molar-refractivity contribution in [2.75, 3.05) is 5.73 Å². The predicted octanol–water partition coefficient (Wildman–Crippen LogP) is 3.05. The van der Waals surface area contributed by atoms with Gasteiger partial charge in [-0.2, -0.15) is 0 Å². The number of hydrogen-bond acceptors (Lipinski definition) is 4. The highest BCUT2D eigenvalue weighted by molar-refractivity contribution is 7.12. The Morgan fingerprint density at radius 1 is 1.45 bits per heavy atom. The molecule has 2 aromatic rings. The third kappa shape index (κ3) is 4.03. The van der Waals surface area contributed by atoms with Crippen molar-refractivity contribution >= 4 is 22.9 Å². The van der Waals surface area contributed by atoms with E-state index in [0.717, 1.165) is 5.56 Å². The second-order valence-electron chi connectivity index (χ2n) is 5.37. The van der Waals surface area contributed by atoms with Crippen molar-refractivity contribution in [1.29, 1.82) is 0 Å². The minimum atomic E-state index is -0.702. The first-order chi connectivity index (χ1) is 10.4. The summed E-state index contributed by atoms with van der Waals surface area (Å²) in [5.74, 6) is 2.84. The Hall–Kier alpha value is -2.45. The van der Waals surface area contributed by atoms with Gasteiger partial charge in [0.25, 0.3) is 5.91 Å². The van der Waals surface area contributed by atoms with Crippen molar-refractivity contribution in [2.45, 2.75) is 26.0 Å². The molecule has 0 spiro atoms. The molecule has 0 aliphatic heterocycles. The molecule has 5 heteroatoms. The lowest BCUT2D eigenvalue weighted by molar-refractivity contribution is 0.0930. The zero-order valence-electron chi connectivity index (χ0n) is 12.6. The smallest absolute Gasteiger partial charge is 0.266 e. The van der Waals surface area contributed by atoms with Crippen molar-refractivity contribution in [3.8, 4) is 18.1 Å². The van der Waals surface area contributed by atoms with Gasteiger partial charge in [0.05, 0.1) is 5.54 Å². The molecule has 4 nitrogen and oxygen atoms in total. The van der Waals surface area contributed by atoms with Gasteiger partial charge < -0.3 is 15.8 Å².